The first-order valence-corrected chi connectivity index (χ1v) is 8.27. The van der Waals surface area contributed by atoms with Gasteiger partial charge in [0.05, 0.1) is 13.2 Å². The Kier molecular flexibility index (Phi) is 6.33. The summed E-state index contributed by atoms with van der Waals surface area (Å²) in [4.78, 5) is 0. The molecule has 3 nitrogen and oxygen atoms in total. The van der Waals surface area contributed by atoms with Crippen LogP contribution < -0.4 is 10.1 Å². The summed E-state index contributed by atoms with van der Waals surface area (Å²) in [6, 6.07) is 6.56. The average Bonchev–Trinajstić information content (AvgIpc) is 2.47. The van der Waals surface area contributed by atoms with Crippen LogP contribution in [0.25, 0.3) is 0 Å². The zero-order valence-electron chi connectivity index (χ0n) is 12.3. The summed E-state index contributed by atoms with van der Waals surface area (Å²) >= 11 is 3.55. The van der Waals surface area contributed by atoms with E-state index in [0.717, 1.165) is 49.2 Å². The van der Waals surface area contributed by atoms with Crippen molar-refractivity contribution in [3.8, 4) is 5.75 Å². The largest absolute Gasteiger partial charge is 0.490 e. The van der Waals surface area contributed by atoms with E-state index in [2.05, 4.69) is 47.2 Å². The standard InChI is InChI=1S/C16H24BrNO2/c1-3-8-18-12(2)15-11-13(17)4-5-16(15)20-14-6-9-19-10-7-14/h4-5,11-12,14,18H,3,6-10H2,1-2H3. The van der Waals surface area contributed by atoms with Gasteiger partial charge in [0.15, 0.2) is 0 Å². The first kappa shape index (κ1) is 15.8. The average molecular weight is 342 g/mol. The summed E-state index contributed by atoms with van der Waals surface area (Å²) < 4.78 is 12.7. The summed E-state index contributed by atoms with van der Waals surface area (Å²) in [7, 11) is 0. The van der Waals surface area contributed by atoms with Crippen LogP contribution in [-0.4, -0.2) is 25.9 Å². The summed E-state index contributed by atoms with van der Waals surface area (Å²) in [5, 5.41) is 3.53. The zero-order valence-corrected chi connectivity index (χ0v) is 13.9. The fraction of sp³-hybridized carbons (Fsp3) is 0.625. The second kappa shape index (κ2) is 8.01. The maximum atomic E-state index is 6.20. The van der Waals surface area contributed by atoms with Crippen molar-refractivity contribution >= 4 is 15.9 Å². The molecule has 0 aliphatic carbocycles. The molecule has 0 bridgehead atoms. The lowest BCUT2D eigenvalue weighted by Gasteiger charge is -2.26. The van der Waals surface area contributed by atoms with Gasteiger partial charge in [-0.1, -0.05) is 22.9 Å². The minimum atomic E-state index is 0.280. The highest BCUT2D eigenvalue weighted by atomic mass is 79.9. The van der Waals surface area contributed by atoms with E-state index < -0.39 is 0 Å². The molecular weight excluding hydrogens is 318 g/mol. The molecule has 1 fully saturated rings. The molecule has 1 aliphatic heterocycles. The second-order valence-electron chi connectivity index (χ2n) is 5.29. The molecule has 1 aromatic carbocycles. The van der Waals surface area contributed by atoms with Crippen LogP contribution >= 0.6 is 15.9 Å². The topological polar surface area (TPSA) is 30.5 Å². The Morgan fingerprint density at radius 2 is 2.15 bits per heavy atom. The van der Waals surface area contributed by atoms with Crippen molar-refractivity contribution in [2.45, 2.75) is 45.3 Å². The Labute approximate surface area is 130 Å². The number of rotatable bonds is 6. The third kappa shape index (κ3) is 4.47. The van der Waals surface area contributed by atoms with Crippen molar-refractivity contribution < 1.29 is 9.47 Å². The molecule has 112 valence electrons. The molecule has 1 aliphatic rings. The molecule has 2 rings (SSSR count). The van der Waals surface area contributed by atoms with Gasteiger partial charge < -0.3 is 14.8 Å². The quantitative estimate of drug-likeness (QED) is 0.845. The van der Waals surface area contributed by atoms with E-state index >= 15 is 0 Å². The van der Waals surface area contributed by atoms with Crippen LogP contribution in [0.5, 0.6) is 5.75 Å². The fourth-order valence-electron chi connectivity index (χ4n) is 2.41. The number of benzene rings is 1. The lowest BCUT2D eigenvalue weighted by molar-refractivity contribution is 0.0250. The highest BCUT2D eigenvalue weighted by Gasteiger charge is 2.18. The SMILES string of the molecule is CCCNC(C)c1cc(Br)ccc1OC1CCOCC1. The second-order valence-corrected chi connectivity index (χ2v) is 6.20. The van der Waals surface area contributed by atoms with Gasteiger partial charge in [-0.05, 0) is 38.1 Å². The molecule has 0 radical (unpaired) electrons. The zero-order chi connectivity index (χ0) is 14.4. The first-order chi connectivity index (χ1) is 9.70. The van der Waals surface area contributed by atoms with Crippen LogP contribution in [0.15, 0.2) is 22.7 Å². The number of halogens is 1. The van der Waals surface area contributed by atoms with Crippen LogP contribution in [0.1, 0.15) is 44.7 Å². The van der Waals surface area contributed by atoms with E-state index in [-0.39, 0.29) is 6.10 Å². The Morgan fingerprint density at radius 3 is 2.85 bits per heavy atom. The van der Waals surface area contributed by atoms with Crippen LogP contribution in [-0.2, 0) is 4.74 Å². The molecule has 1 heterocycles. The molecule has 1 unspecified atom stereocenters. The summed E-state index contributed by atoms with van der Waals surface area (Å²) in [6.07, 6.45) is 3.37. The molecule has 1 N–H and O–H groups in total. The van der Waals surface area contributed by atoms with Gasteiger partial charge in [-0.15, -0.1) is 0 Å². The van der Waals surface area contributed by atoms with E-state index in [1.807, 2.05) is 6.07 Å². The van der Waals surface area contributed by atoms with Gasteiger partial charge in [0.1, 0.15) is 11.9 Å². The van der Waals surface area contributed by atoms with Crippen LogP contribution in [0, 0.1) is 0 Å². The van der Waals surface area contributed by atoms with Crippen molar-refractivity contribution in [2.24, 2.45) is 0 Å². The van der Waals surface area contributed by atoms with Crippen molar-refractivity contribution in [2.75, 3.05) is 19.8 Å². The molecule has 1 atom stereocenters. The Hall–Kier alpha value is -0.580. The Bertz CT molecular complexity index is 419. The van der Waals surface area contributed by atoms with Gasteiger partial charge in [-0.2, -0.15) is 0 Å². The van der Waals surface area contributed by atoms with Crippen molar-refractivity contribution in [1.29, 1.82) is 0 Å². The highest BCUT2D eigenvalue weighted by Crippen LogP contribution is 2.30. The molecule has 0 aromatic heterocycles. The van der Waals surface area contributed by atoms with Gasteiger partial charge in [0.2, 0.25) is 0 Å². The lowest BCUT2D eigenvalue weighted by Crippen LogP contribution is -2.27. The van der Waals surface area contributed by atoms with Crippen LogP contribution in [0.3, 0.4) is 0 Å². The maximum Gasteiger partial charge on any atom is 0.124 e. The summed E-state index contributed by atoms with van der Waals surface area (Å²) in [5.74, 6) is 0.996. The van der Waals surface area contributed by atoms with Crippen LogP contribution in [0.4, 0.5) is 0 Å². The third-order valence-electron chi connectivity index (χ3n) is 3.60. The van der Waals surface area contributed by atoms with E-state index in [0.29, 0.717) is 6.04 Å². The molecule has 0 saturated carbocycles. The smallest absolute Gasteiger partial charge is 0.124 e. The van der Waals surface area contributed by atoms with Gasteiger partial charge in [0.25, 0.3) is 0 Å². The van der Waals surface area contributed by atoms with E-state index in [4.69, 9.17) is 9.47 Å². The van der Waals surface area contributed by atoms with Gasteiger partial charge >= 0.3 is 0 Å². The minimum Gasteiger partial charge on any atom is -0.490 e. The summed E-state index contributed by atoms with van der Waals surface area (Å²) in [5.41, 5.74) is 1.22. The number of hydrogen-bond acceptors (Lipinski definition) is 3. The Morgan fingerprint density at radius 1 is 1.40 bits per heavy atom. The first-order valence-electron chi connectivity index (χ1n) is 7.48. The van der Waals surface area contributed by atoms with E-state index in [1.165, 1.54) is 5.56 Å². The number of ether oxygens (including phenoxy) is 2. The lowest BCUT2D eigenvalue weighted by atomic mass is 10.1. The molecule has 0 amide bonds. The van der Waals surface area contributed by atoms with Crippen LogP contribution in [0.2, 0.25) is 0 Å². The predicted molar refractivity (Wildman–Crippen MR) is 85.3 cm³/mol. The molecule has 20 heavy (non-hydrogen) atoms. The maximum absolute atomic E-state index is 6.20. The number of hydrogen-bond donors (Lipinski definition) is 1. The van der Waals surface area contributed by atoms with E-state index in [9.17, 15) is 0 Å². The van der Waals surface area contributed by atoms with Crippen molar-refractivity contribution in [3.63, 3.8) is 0 Å². The van der Waals surface area contributed by atoms with Crippen molar-refractivity contribution in [1.82, 2.24) is 5.32 Å². The predicted octanol–water partition coefficient (Wildman–Crippen LogP) is 4.07. The molecule has 0 spiro atoms. The molecular formula is C16H24BrNO2. The van der Waals surface area contributed by atoms with Gasteiger partial charge in [-0.25, -0.2) is 0 Å². The molecule has 1 aromatic rings. The molecule has 1 saturated heterocycles. The van der Waals surface area contributed by atoms with Crippen molar-refractivity contribution in [3.05, 3.63) is 28.2 Å². The minimum absolute atomic E-state index is 0.280. The van der Waals surface area contributed by atoms with E-state index in [1.54, 1.807) is 0 Å². The fourth-order valence-corrected chi connectivity index (χ4v) is 2.79. The van der Waals surface area contributed by atoms with Gasteiger partial charge in [0, 0.05) is 28.9 Å². The highest BCUT2D eigenvalue weighted by molar-refractivity contribution is 9.10. The third-order valence-corrected chi connectivity index (χ3v) is 4.09. The normalized spacial score (nSPS) is 17.9. The van der Waals surface area contributed by atoms with Gasteiger partial charge in [-0.3, -0.25) is 0 Å². The monoisotopic (exact) mass is 341 g/mol. The Balaban J connectivity index is 2.09. The molecule has 4 heteroatoms. The number of nitrogens with one attached hydrogen (secondary N) is 1. The summed E-state index contributed by atoms with van der Waals surface area (Å²) in [6.45, 7) is 7.00.